The highest BCUT2D eigenvalue weighted by molar-refractivity contribution is 7.80. The number of thiocarbonyl (C=S) groups is 1. The summed E-state index contributed by atoms with van der Waals surface area (Å²) in [5.41, 5.74) is 9.51. The predicted molar refractivity (Wildman–Crippen MR) is 144 cm³/mol. The number of anilines is 1. The van der Waals surface area contributed by atoms with Gasteiger partial charge < -0.3 is 14.8 Å². The summed E-state index contributed by atoms with van der Waals surface area (Å²) in [5.74, 6) is 0. The molecule has 4 nitrogen and oxygen atoms in total. The summed E-state index contributed by atoms with van der Waals surface area (Å²) in [6, 6.07) is 25.8. The van der Waals surface area contributed by atoms with Crippen molar-refractivity contribution in [1.29, 1.82) is 0 Å². The third-order valence-corrected chi connectivity index (χ3v) is 7.12. The van der Waals surface area contributed by atoms with Gasteiger partial charge in [-0.2, -0.15) is 0 Å². The van der Waals surface area contributed by atoms with Crippen molar-refractivity contribution in [3.05, 3.63) is 113 Å². The lowest BCUT2D eigenvalue weighted by Gasteiger charge is -2.28. The number of hydrogen-bond acceptors (Lipinski definition) is 2. The van der Waals surface area contributed by atoms with Gasteiger partial charge in [-0.25, -0.2) is 0 Å². The second-order valence-corrected chi connectivity index (χ2v) is 9.40. The van der Waals surface area contributed by atoms with Crippen LogP contribution in [0.5, 0.6) is 0 Å². The van der Waals surface area contributed by atoms with Crippen LogP contribution in [0.3, 0.4) is 0 Å². The number of nitrogens with zero attached hydrogens (tertiary/aromatic N) is 3. The van der Waals surface area contributed by atoms with E-state index in [4.69, 9.17) is 17.2 Å². The average molecular weight is 467 g/mol. The molecule has 4 aromatic rings. The molecule has 0 saturated carbocycles. The fraction of sp³-hybridized carbons (Fsp3) is 0.241. The summed E-state index contributed by atoms with van der Waals surface area (Å²) in [6.45, 7) is 8.68. The topological polar surface area (TPSA) is 33.1 Å². The van der Waals surface area contributed by atoms with E-state index >= 15 is 0 Å². The van der Waals surface area contributed by atoms with Gasteiger partial charge in [0.25, 0.3) is 0 Å². The second kappa shape index (κ2) is 9.07. The van der Waals surface area contributed by atoms with E-state index in [0.717, 1.165) is 22.9 Å². The molecular formula is C29H30N4S. The van der Waals surface area contributed by atoms with Crippen LogP contribution in [0.4, 0.5) is 5.69 Å². The maximum Gasteiger partial charge on any atom is 0.174 e. The highest BCUT2D eigenvalue weighted by Gasteiger charge is 2.42. The van der Waals surface area contributed by atoms with E-state index in [1.54, 1.807) is 0 Å². The number of hydrogen-bond donors (Lipinski definition) is 1. The average Bonchev–Trinajstić information content (AvgIpc) is 3.35. The molecule has 2 aromatic carbocycles. The first-order valence-corrected chi connectivity index (χ1v) is 12.2. The molecule has 1 fully saturated rings. The number of pyridine rings is 1. The van der Waals surface area contributed by atoms with Gasteiger partial charge in [-0.15, -0.1) is 0 Å². The van der Waals surface area contributed by atoms with Crippen molar-refractivity contribution in [2.24, 2.45) is 0 Å². The molecule has 0 amide bonds. The molecule has 0 radical (unpaired) electrons. The normalized spacial score (nSPS) is 17.8. The van der Waals surface area contributed by atoms with Crippen LogP contribution in [0, 0.1) is 20.8 Å². The monoisotopic (exact) mass is 466 g/mol. The van der Waals surface area contributed by atoms with Crippen LogP contribution in [0.1, 0.15) is 52.8 Å². The summed E-state index contributed by atoms with van der Waals surface area (Å²) in [6.07, 6.45) is 2.89. The molecule has 2 atom stereocenters. The van der Waals surface area contributed by atoms with Crippen molar-refractivity contribution in [3.8, 4) is 5.69 Å². The highest BCUT2D eigenvalue weighted by Crippen LogP contribution is 2.43. The summed E-state index contributed by atoms with van der Waals surface area (Å²) in [4.78, 5) is 6.94. The first-order chi connectivity index (χ1) is 16.5. The standard InChI is InChI=1S/C29H30N4S/c1-5-22-11-15-23(16-12-22)32-20(3)18-25(21(32)4)28-27(26-8-6-7-17-30-26)31-29(34)33(28)24-13-9-19(2)10-14-24/h6-18,27-28H,5H2,1-4H3,(H,31,34)/t27-,28+/m0/s1. The van der Waals surface area contributed by atoms with Gasteiger partial charge in [0.1, 0.15) is 0 Å². The van der Waals surface area contributed by atoms with Crippen LogP contribution < -0.4 is 10.2 Å². The number of rotatable bonds is 5. The zero-order valence-electron chi connectivity index (χ0n) is 20.1. The predicted octanol–water partition coefficient (Wildman–Crippen LogP) is 6.54. The first-order valence-electron chi connectivity index (χ1n) is 11.8. The fourth-order valence-corrected chi connectivity index (χ4v) is 5.37. The quantitative estimate of drug-likeness (QED) is 0.339. The smallest absolute Gasteiger partial charge is 0.174 e. The molecule has 5 heteroatoms. The zero-order valence-corrected chi connectivity index (χ0v) is 20.9. The first kappa shape index (κ1) is 22.4. The van der Waals surface area contributed by atoms with Crippen molar-refractivity contribution in [2.45, 2.75) is 46.2 Å². The molecule has 0 unspecified atom stereocenters. The Bertz CT molecular complexity index is 1310. The van der Waals surface area contributed by atoms with Gasteiger partial charge in [0.05, 0.1) is 17.8 Å². The number of aryl methyl sites for hydroxylation is 3. The third-order valence-electron chi connectivity index (χ3n) is 6.80. The Labute approximate surface area is 207 Å². The molecule has 2 aromatic heterocycles. The molecule has 1 N–H and O–H groups in total. The largest absolute Gasteiger partial charge is 0.351 e. The molecule has 3 heterocycles. The van der Waals surface area contributed by atoms with E-state index < -0.39 is 0 Å². The van der Waals surface area contributed by atoms with E-state index in [0.29, 0.717) is 0 Å². The van der Waals surface area contributed by atoms with Crippen molar-refractivity contribution in [2.75, 3.05) is 4.90 Å². The van der Waals surface area contributed by atoms with Crippen LogP contribution in [0.25, 0.3) is 5.69 Å². The second-order valence-electron chi connectivity index (χ2n) is 9.01. The van der Waals surface area contributed by atoms with Crippen LogP contribution in [0.2, 0.25) is 0 Å². The summed E-state index contributed by atoms with van der Waals surface area (Å²) in [5, 5.41) is 4.30. The van der Waals surface area contributed by atoms with Crippen LogP contribution >= 0.6 is 12.2 Å². The van der Waals surface area contributed by atoms with E-state index in [2.05, 4.69) is 103 Å². The van der Waals surface area contributed by atoms with Crippen LogP contribution in [-0.4, -0.2) is 14.7 Å². The molecule has 1 saturated heterocycles. The lowest BCUT2D eigenvalue weighted by atomic mass is 9.96. The minimum Gasteiger partial charge on any atom is -0.351 e. The Hall–Kier alpha value is -3.44. The summed E-state index contributed by atoms with van der Waals surface area (Å²) >= 11 is 5.89. The van der Waals surface area contributed by atoms with E-state index in [-0.39, 0.29) is 12.1 Å². The molecule has 1 aliphatic rings. The van der Waals surface area contributed by atoms with Gasteiger partial charge in [0.15, 0.2) is 5.11 Å². The van der Waals surface area contributed by atoms with Gasteiger partial charge in [0, 0.05) is 29.0 Å². The van der Waals surface area contributed by atoms with E-state index in [1.165, 1.54) is 33.8 Å². The molecule has 172 valence electrons. The zero-order chi connectivity index (χ0) is 23.8. The summed E-state index contributed by atoms with van der Waals surface area (Å²) < 4.78 is 2.35. The molecule has 1 aliphatic heterocycles. The minimum absolute atomic E-state index is 0.0139. The number of benzene rings is 2. The molecular weight excluding hydrogens is 436 g/mol. The lowest BCUT2D eigenvalue weighted by Crippen LogP contribution is -2.29. The molecule has 0 bridgehead atoms. The van der Waals surface area contributed by atoms with Gasteiger partial charge >= 0.3 is 0 Å². The van der Waals surface area contributed by atoms with Gasteiger partial charge in [-0.1, -0.05) is 42.8 Å². The fourth-order valence-electron chi connectivity index (χ4n) is 5.02. The number of aromatic nitrogens is 2. The Balaban J connectivity index is 1.65. The van der Waals surface area contributed by atoms with E-state index in [9.17, 15) is 0 Å². The molecule has 5 rings (SSSR count). The molecule has 0 aliphatic carbocycles. The Morgan fingerprint density at radius 1 is 0.912 bits per heavy atom. The Kier molecular flexibility index (Phi) is 5.96. The minimum atomic E-state index is -0.0496. The summed E-state index contributed by atoms with van der Waals surface area (Å²) in [7, 11) is 0. The van der Waals surface area contributed by atoms with Crippen molar-refractivity contribution in [1.82, 2.24) is 14.9 Å². The lowest BCUT2D eigenvalue weighted by molar-refractivity contribution is 0.565. The van der Waals surface area contributed by atoms with Crippen LogP contribution in [0.15, 0.2) is 79.0 Å². The van der Waals surface area contributed by atoms with Crippen LogP contribution in [-0.2, 0) is 6.42 Å². The van der Waals surface area contributed by atoms with Gasteiger partial charge in [-0.05, 0) is 93.0 Å². The highest BCUT2D eigenvalue weighted by atomic mass is 32.1. The SMILES string of the molecule is CCc1ccc(-n2c(C)cc([C@@H]3[C@H](c4ccccn4)NC(=S)N3c3ccc(C)cc3)c2C)cc1. The third kappa shape index (κ3) is 3.90. The Morgan fingerprint density at radius 3 is 2.26 bits per heavy atom. The molecule has 0 spiro atoms. The number of nitrogens with one attached hydrogen (secondary N) is 1. The van der Waals surface area contributed by atoms with Gasteiger partial charge in [-0.3, -0.25) is 4.98 Å². The van der Waals surface area contributed by atoms with Crippen molar-refractivity contribution >= 4 is 23.0 Å². The van der Waals surface area contributed by atoms with Gasteiger partial charge in [0.2, 0.25) is 0 Å². The van der Waals surface area contributed by atoms with E-state index in [1.807, 2.05) is 18.3 Å². The maximum atomic E-state index is 5.89. The molecule has 34 heavy (non-hydrogen) atoms. The maximum absolute atomic E-state index is 5.89. The Morgan fingerprint density at radius 2 is 1.62 bits per heavy atom. The van der Waals surface area contributed by atoms with Crippen molar-refractivity contribution < 1.29 is 0 Å². The van der Waals surface area contributed by atoms with Crippen molar-refractivity contribution in [3.63, 3.8) is 0 Å².